The first kappa shape index (κ1) is 19.0. The Labute approximate surface area is 177 Å². The third-order valence-electron chi connectivity index (χ3n) is 5.96. The van der Waals surface area contributed by atoms with Crippen molar-refractivity contribution < 1.29 is 9.59 Å². The van der Waals surface area contributed by atoms with E-state index in [-0.39, 0.29) is 36.3 Å². The van der Waals surface area contributed by atoms with Crippen LogP contribution in [0.1, 0.15) is 22.6 Å². The lowest BCUT2D eigenvalue weighted by Gasteiger charge is -2.30. The topological polar surface area (TPSA) is 75.0 Å². The lowest BCUT2D eigenvalue weighted by Crippen LogP contribution is -2.43. The molecule has 1 saturated heterocycles. The van der Waals surface area contributed by atoms with Crippen LogP contribution in [0.5, 0.6) is 0 Å². The number of nitrogens with zero attached hydrogens (tertiary/aromatic N) is 4. The van der Waals surface area contributed by atoms with E-state index in [1.165, 1.54) is 9.28 Å². The molecule has 2 aliphatic rings. The highest BCUT2D eigenvalue weighted by atomic mass is 32.1. The van der Waals surface area contributed by atoms with Crippen LogP contribution in [0.25, 0.3) is 5.65 Å². The second kappa shape index (κ2) is 7.68. The van der Waals surface area contributed by atoms with E-state index in [9.17, 15) is 14.4 Å². The van der Waals surface area contributed by atoms with E-state index in [0.29, 0.717) is 37.3 Å². The van der Waals surface area contributed by atoms with Gasteiger partial charge >= 0.3 is 0 Å². The highest BCUT2D eigenvalue weighted by Crippen LogP contribution is 2.24. The highest BCUT2D eigenvalue weighted by Gasteiger charge is 2.37. The minimum absolute atomic E-state index is 0.0369. The molecule has 0 bridgehead atoms. The van der Waals surface area contributed by atoms with Gasteiger partial charge in [0.2, 0.25) is 11.8 Å². The first-order chi connectivity index (χ1) is 14.6. The van der Waals surface area contributed by atoms with E-state index in [1.54, 1.807) is 33.4 Å². The molecule has 7 nitrogen and oxygen atoms in total. The molecule has 3 aromatic rings. The van der Waals surface area contributed by atoms with Crippen LogP contribution in [0, 0.1) is 5.92 Å². The van der Waals surface area contributed by atoms with Gasteiger partial charge in [0, 0.05) is 43.5 Å². The molecule has 8 heteroatoms. The van der Waals surface area contributed by atoms with Crippen LogP contribution < -0.4 is 5.56 Å². The van der Waals surface area contributed by atoms with Crippen molar-refractivity contribution in [1.82, 2.24) is 19.2 Å². The molecule has 2 amide bonds. The van der Waals surface area contributed by atoms with Crippen LogP contribution in [0.4, 0.5) is 0 Å². The van der Waals surface area contributed by atoms with Crippen molar-refractivity contribution in [3.8, 4) is 0 Å². The smallest absolute Gasteiger partial charge is 0.263 e. The Morgan fingerprint density at radius 1 is 1.20 bits per heavy atom. The van der Waals surface area contributed by atoms with Gasteiger partial charge in [-0.05, 0) is 30.0 Å². The normalized spacial score (nSPS) is 18.8. The van der Waals surface area contributed by atoms with E-state index in [4.69, 9.17) is 0 Å². The minimum Gasteiger partial charge on any atom is -0.342 e. The summed E-state index contributed by atoms with van der Waals surface area (Å²) in [6.07, 6.45) is 3.33. The first-order valence-corrected chi connectivity index (χ1v) is 11.1. The summed E-state index contributed by atoms with van der Waals surface area (Å²) in [4.78, 5) is 47.8. The van der Waals surface area contributed by atoms with E-state index >= 15 is 0 Å². The number of amides is 2. The second-order valence-electron chi connectivity index (χ2n) is 7.85. The van der Waals surface area contributed by atoms with Crippen LogP contribution in [0.15, 0.2) is 46.7 Å². The average molecular weight is 423 g/mol. The summed E-state index contributed by atoms with van der Waals surface area (Å²) in [7, 11) is 0. The predicted molar refractivity (Wildman–Crippen MR) is 113 cm³/mol. The van der Waals surface area contributed by atoms with E-state index in [1.807, 2.05) is 23.6 Å². The quantitative estimate of drug-likeness (QED) is 0.642. The van der Waals surface area contributed by atoms with Crippen molar-refractivity contribution in [2.45, 2.75) is 25.8 Å². The molecule has 5 rings (SSSR count). The number of thiophene rings is 1. The molecule has 0 saturated carbocycles. The number of likely N-dealkylation sites (tertiary alicyclic amines) is 1. The van der Waals surface area contributed by atoms with Crippen LogP contribution in [0.3, 0.4) is 0 Å². The van der Waals surface area contributed by atoms with Crippen molar-refractivity contribution in [3.05, 3.63) is 68.4 Å². The van der Waals surface area contributed by atoms with Gasteiger partial charge in [0.25, 0.3) is 5.56 Å². The summed E-state index contributed by atoms with van der Waals surface area (Å²) in [5, 5.41) is 2.03. The molecule has 5 heterocycles. The van der Waals surface area contributed by atoms with E-state index < -0.39 is 0 Å². The predicted octanol–water partition coefficient (Wildman–Crippen LogP) is 1.73. The molecule has 0 radical (unpaired) electrons. The van der Waals surface area contributed by atoms with Crippen molar-refractivity contribution in [2.24, 2.45) is 5.92 Å². The Bertz CT molecular complexity index is 1170. The molecule has 30 heavy (non-hydrogen) atoms. The van der Waals surface area contributed by atoms with Gasteiger partial charge in [-0.25, -0.2) is 4.98 Å². The molecular weight excluding hydrogens is 400 g/mol. The molecule has 0 aromatic carbocycles. The number of carbonyl (C=O) groups is 2. The Morgan fingerprint density at radius 3 is 2.93 bits per heavy atom. The Morgan fingerprint density at radius 2 is 2.10 bits per heavy atom. The van der Waals surface area contributed by atoms with Gasteiger partial charge in [-0.15, -0.1) is 11.3 Å². The summed E-state index contributed by atoms with van der Waals surface area (Å²) in [6, 6.07) is 9.54. The first-order valence-electron chi connectivity index (χ1n) is 10.2. The van der Waals surface area contributed by atoms with Crippen molar-refractivity contribution in [3.63, 3.8) is 0 Å². The van der Waals surface area contributed by atoms with Crippen molar-refractivity contribution >= 4 is 28.8 Å². The number of hydrogen-bond donors (Lipinski definition) is 0. The standard InChI is InChI=1S/C22H22N4O3S/c27-20-12-15(13-24(20)9-6-16-4-3-11-30-16)21(28)25-10-7-18-17(14-25)22(29)26-8-2-1-5-19(26)23-18/h1-5,8,11,15H,6-7,9-10,12-14H2/t15-/m1/s1. The molecular formula is C22H22N4O3S. The lowest BCUT2D eigenvalue weighted by molar-refractivity contribution is -0.136. The fourth-order valence-corrected chi connectivity index (χ4v) is 5.05. The summed E-state index contributed by atoms with van der Waals surface area (Å²) < 4.78 is 1.53. The maximum Gasteiger partial charge on any atom is 0.263 e. The van der Waals surface area contributed by atoms with Crippen LogP contribution in [-0.2, 0) is 29.0 Å². The van der Waals surface area contributed by atoms with Crippen LogP contribution in [-0.4, -0.2) is 50.6 Å². The third kappa shape index (κ3) is 3.41. The van der Waals surface area contributed by atoms with Gasteiger partial charge < -0.3 is 9.80 Å². The number of fused-ring (bicyclic) bond motifs is 2. The lowest BCUT2D eigenvalue weighted by atomic mass is 10.0. The average Bonchev–Trinajstić information content (AvgIpc) is 3.41. The number of pyridine rings is 1. The van der Waals surface area contributed by atoms with Crippen molar-refractivity contribution in [1.29, 1.82) is 0 Å². The Hall–Kier alpha value is -3.00. The van der Waals surface area contributed by atoms with Gasteiger partial charge in [0.15, 0.2) is 0 Å². The SMILES string of the molecule is O=C1C[C@@H](C(=O)N2CCc3nc4ccccn4c(=O)c3C2)CN1CCc1cccs1. The zero-order valence-electron chi connectivity index (χ0n) is 16.5. The maximum atomic E-state index is 13.1. The molecule has 0 unspecified atom stereocenters. The molecule has 154 valence electrons. The second-order valence-corrected chi connectivity index (χ2v) is 8.88. The number of aromatic nitrogens is 2. The zero-order chi connectivity index (χ0) is 20.7. The summed E-state index contributed by atoms with van der Waals surface area (Å²) in [6.45, 7) is 1.89. The summed E-state index contributed by atoms with van der Waals surface area (Å²) in [5.41, 5.74) is 1.87. The van der Waals surface area contributed by atoms with Gasteiger partial charge in [-0.1, -0.05) is 12.1 Å². The molecule has 0 spiro atoms. The summed E-state index contributed by atoms with van der Waals surface area (Å²) in [5.74, 6) is -0.334. The zero-order valence-corrected chi connectivity index (χ0v) is 17.3. The fraction of sp³-hybridized carbons (Fsp3) is 0.364. The minimum atomic E-state index is -0.335. The van der Waals surface area contributed by atoms with E-state index in [2.05, 4.69) is 11.1 Å². The van der Waals surface area contributed by atoms with Crippen LogP contribution in [0.2, 0.25) is 0 Å². The summed E-state index contributed by atoms with van der Waals surface area (Å²) >= 11 is 1.68. The van der Waals surface area contributed by atoms with Crippen LogP contribution >= 0.6 is 11.3 Å². The molecule has 2 aliphatic heterocycles. The largest absolute Gasteiger partial charge is 0.342 e. The number of carbonyl (C=O) groups excluding carboxylic acids is 2. The van der Waals surface area contributed by atoms with E-state index in [0.717, 1.165) is 12.1 Å². The number of rotatable bonds is 4. The number of hydrogen-bond acceptors (Lipinski definition) is 5. The molecule has 1 fully saturated rings. The molecule has 0 N–H and O–H groups in total. The van der Waals surface area contributed by atoms with Gasteiger partial charge in [-0.2, -0.15) is 0 Å². The Balaban J connectivity index is 1.29. The van der Waals surface area contributed by atoms with Gasteiger partial charge in [0.1, 0.15) is 5.65 Å². The van der Waals surface area contributed by atoms with Gasteiger partial charge in [0.05, 0.1) is 23.7 Å². The van der Waals surface area contributed by atoms with Gasteiger partial charge in [-0.3, -0.25) is 18.8 Å². The molecule has 1 atom stereocenters. The Kier molecular flexibility index (Phi) is 4.86. The fourth-order valence-electron chi connectivity index (χ4n) is 4.35. The van der Waals surface area contributed by atoms with Crippen molar-refractivity contribution in [2.75, 3.05) is 19.6 Å². The monoisotopic (exact) mass is 422 g/mol. The highest BCUT2D eigenvalue weighted by molar-refractivity contribution is 7.09. The maximum absolute atomic E-state index is 13.1. The molecule has 0 aliphatic carbocycles. The molecule has 3 aromatic heterocycles. The third-order valence-corrected chi connectivity index (χ3v) is 6.90.